The first-order chi connectivity index (χ1) is 41.6. The lowest BCUT2D eigenvalue weighted by molar-refractivity contribution is -0.139. The van der Waals surface area contributed by atoms with E-state index in [1.54, 1.807) is 51.6 Å². The molecule has 3 aromatic carbocycles. The number of pyridine rings is 3. The number of morpholine rings is 1. The van der Waals surface area contributed by atoms with Gasteiger partial charge < -0.3 is 38.2 Å². The standard InChI is InChI=1S/C22H22F3N5O2.C18H14BrF3N4O.C16H11F3N4O.C2H5BrO/c1-2-32-20-4-3-15(11-16(20)22(23,24)25)17-12-19-21(18(13-26)28-17)27-14-30(19)6-5-29-7-9-31-10-8-29;1-2-27-16-4-3-11(7-12(16)18(20,21)22)13-8-15-17(14(9-23)25-13)24-10-26(15)6-5-19;1-2-24-14-4-3-9(5-10(14)16(17,18)19)11-6-12-15(22-8-21-12)13(7-20)23-11;3-1-2-4/h3-4,11-12,14H,2,5-10H2,1H3;3-4,7-8,10H,2,5-6H2,1H3;3-6,8H,2H2,1H3,(H,21,22);4H,1-2H2. The molecule has 10 rings (SSSR count). The van der Waals surface area contributed by atoms with Crippen LogP contribution < -0.4 is 14.2 Å². The fourth-order valence-electron chi connectivity index (χ4n) is 8.84. The predicted octanol–water partition coefficient (Wildman–Crippen LogP) is 12.8. The number of alkyl halides is 11. The Labute approximate surface area is 508 Å². The topological polar surface area (TPSA) is 235 Å². The second-order valence-electron chi connectivity index (χ2n) is 18.3. The van der Waals surface area contributed by atoms with E-state index in [0.717, 1.165) is 37.8 Å². The van der Waals surface area contributed by atoms with E-state index in [1.165, 1.54) is 42.7 Å². The summed E-state index contributed by atoms with van der Waals surface area (Å²) >= 11 is 6.34. The summed E-state index contributed by atoms with van der Waals surface area (Å²) in [7, 11) is 0. The molecule has 18 nitrogen and oxygen atoms in total. The van der Waals surface area contributed by atoms with Gasteiger partial charge in [-0.25, -0.2) is 29.9 Å². The molecular formula is C58H52Br2F9N13O5. The minimum absolute atomic E-state index is 0.0474. The smallest absolute Gasteiger partial charge is 0.419 e. The molecule has 6 aromatic heterocycles. The first-order valence-electron chi connectivity index (χ1n) is 26.5. The number of hydrogen-bond donors (Lipinski definition) is 2. The molecule has 0 bridgehead atoms. The first-order valence-corrected chi connectivity index (χ1v) is 28.7. The van der Waals surface area contributed by atoms with Gasteiger partial charge in [-0.05, 0) is 93.6 Å². The van der Waals surface area contributed by atoms with Crippen LogP contribution >= 0.6 is 31.9 Å². The van der Waals surface area contributed by atoms with Crippen molar-refractivity contribution >= 4 is 65.0 Å². The van der Waals surface area contributed by atoms with Crippen molar-refractivity contribution in [2.45, 2.75) is 52.4 Å². The molecule has 87 heavy (non-hydrogen) atoms. The second-order valence-corrected chi connectivity index (χ2v) is 19.9. The number of aromatic nitrogens is 9. The Hall–Kier alpha value is -8.40. The molecule has 1 aliphatic rings. The number of imidazole rings is 3. The van der Waals surface area contributed by atoms with Gasteiger partial charge in [0.2, 0.25) is 0 Å². The van der Waals surface area contributed by atoms with E-state index in [1.807, 2.05) is 27.3 Å². The van der Waals surface area contributed by atoms with Crippen LogP contribution in [0, 0.1) is 34.0 Å². The van der Waals surface area contributed by atoms with Crippen molar-refractivity contribution in [3.05, 3.63) is 126 Å². The molecule has 0 unspecified atom stereocenters. The maximum absolute atomic E-state index is 13.6. The Morgan fingerprint density at radius 1 is 0.552 bits per heavy atom. The zero-order chi connectivity index (χ0) is 63.1. The fraction of sp³-hybridized carbons (Fsp3) is 0.328. The minimum atomic E-state index is -4.58. The highest BCUT2D eigenvalue weighted by atomic mass is 79.9. The Kier molecular flexibility index (Phi) is 22.7. The lowest BCUT2D eigenvalue weighted by Gasteiger charge is -2.26. The van der Waals surface area contributed by atoms with E-state index in [-0.39, 0.29) is 94.5 Å². The van der Waals surface area contributed by atoms with Gasteiger partial charge in [0.1, 0.15) is 52.0 Å². The number of H-pyrrole nitrogens is 1. The third-order valence-corrected chi connectivity index (χ3v) is 13.5. The zero-order valence-electron chi connectivity index (χ0n) is 46.5. The molecule has 1 saturated heterocycles. The summed E-state index contributed by atoms with van der Waals surface area (Å²) in [6.45, 7) is 10.5. The summed E-state index contributed by atoms with van der Waals surface area (Å²) in [5, 5.41) is 37.3. The maximum Gasteiger partial charge on any atom is 0.419 e. The zero-order valence-corrected chi connectivity index (χ0v) is 49.6. The molecule has 9 aromatic rings. The number of nitriles is 3. The van der Waals surface area contributed by atoms with E-state index < -0.39 is 35.2 Å². The van der Waals surface area contributed by atoms with Crippen LogP contribution in [-0.4, -0.2) is 124 Å². The van der Waals surface area contributed by atoms with Crippen molar-refractivity contribution in [1.29, 1.82) is 15.8 Å². The second kappa shape index (κ2) is 29.8. The number of nitrogens with zero attached hydrogens (tertiary/aromatic N) is 12. The van der Waals surface area contributed by atoms with Crippen LogP contribution in [-0.2, 0) is 36.4 Å². The number of rotatable bonds is 15. The molecule has 0 aliphatic carbocycles. The molecule has 7 heterocycles. The normalized spacial score (nSPS) is 12.6. The third-order valence-electron chi connectivity index (χ3n) is 12.8. The van der Waals surface area contributed by atoms with Gasteiger partial charge in [0.05, 0.1) is 109 Å². The molecular weight excluding hydrogens is 1290 g/mol. The van der Waals surface area contributed by atoms with Gasteiger partial charge in [0.25, 0.3) is 0 Å². The SMILES string of the molecule is CCOc1ccc(-c2cc3[nH]cnc3c(C#N)n2)cc1C(F)(F)F.CCOc1ccc(-c2cc3c(ncn3CCBr)c(C#N)n2)cc1C(F)(F)F.CCOc1ccc(-c2cc3c(ncn3CCN3CCOCC3)c(C#N)n2)cc1C(F)(F)F.OCCBr. The third kappa shape index (κ3) is 16.4. The number of halogens is 11. The van der Waals surface area contributed by atoms with Gasteiger partial charge in [0, 0.05) is 60.1 Å². The van der Waals surface area contributed by atoms with Gasteiger partial charge in [-0.1, -0.05) is 31.9 Å². The van der Waals surface area contributed by atoms with Crippen LogP contribution in [0.3, 0.4) is 0 Å². The highest BCUT2D eigenvalue weighted by molar-refractivity contribution is 9.09. The van der Waals surface area contributed by atoms with Crippen LogP contribution in [0.2, 0.25) is 0 Å². The van der Waals surface area contributed by atoms with E-state index >= 15 is 0 Å². The van der Waals surface area contributed by atoms with Gasteiger partial charge in [-0.3, -0.25) is 4.90 Å². The van der Waals surface area contributed by atoms with Crippen molar-refractivity contribution < 1.29 is 63.6 Å². The molecule has 0 radical (unpaired) electrons. The molecule has 0 saturated carbocycles. The molecule has 456 valence electrons. The molecule has 0 spiro atoms. The molecule has 2 N–H and O–H groups in total. The number of hydrogen-bond acceptors (Lipinski definition) is 15. The summed E-state index contributed by atoms with van der Waals surface area (Å²) in [6, 6.07) is 22.0. The summed E-state index contributed by atoms with van der Waals surface area (Å²) in [4.78, 5) is 30.2. The molecule has 0 atom stereocenters. The lowest BCUT2D eigenvalue weighted by atomic mass is 10.1. The van der Waals surface area contributed by atoms with Gasteiger partial charge in [0.15, 0.2) is 17.1 Å². The maximum atomic E-state index is 13.6. The average molecular weight is 1340 g/mol. The number of aromatic amines is 1. The number of aliphatic hydroxyl groups is 1. The van der Waals surface area contributed by atoms with E-state index in [2.05, 4.69) is 71.6 Å². The summed E-state index contributed by atoms with van der Waals surface area (Å²) in [6.07, 6.45) is -9.09. The van der Waals surface area contributed by atoms with Gasteiger partial charge >= 0.3 is 18.5 Å². The van der Waals surface area contributed by atoms with Gasteiger partial charge in [-0.2, -0.15) is 55.3 Å². The summed E-state index contributed by atoms with van der Waals surface area (Å²) in [5.41, 5.74) is 2.12. The van der Waals surface area contributed by atoms with Crippen LogP contribution in [0.25, 0.3) is 66.9 Å². The van der Waals surface area contributed by atoms with Crippen LogP contribution in [0.1, 0.15) is 54.5 Å². The Bertz CT molecular complexity index is 3960. The number of nitrogens with one attached hydrogen (secondary N) is 1. The minimum Gasteiger partial charge on any atom is -0.493 e. The van der Waals surface area contributed by atoms with Crippen molar-refractivity contribution in [2.75, 3.05) is 69.9 Å². The Morgan fingerprint density at radius 3 is 1.31 bits per heavy atom. The van der Waals surface area contributed by atoms with Crippen molar-refractivity contribution in [3.63, 3.8) is 0 Å². The molecule has 29 heteroatoms. The fourth-order valence-corrected chi connectivity index (χ4v) is 9.22. The average Bonchev–Trinajstić information content (AvgIpc) is 2.10. The largest absolute Gasteiger partial charge is 0.493 e. The number of fused-ring (bicyclic) bond motifs is 3. The van der Waals surface area contributed by atoms with Crippen molar-refractivity contribution in [2.24, 2.45) is 0 Å². The quantitative estimate of drug-likeness (QED) is 0.0717. The van der Waals surface area contributed by atoms with Gasteiger partial charge in [-0.15, -0.1) is 0 Å². The van der Waals surface area contributed by atoms with E-state index in [4.69, 9.17) is 29.3 Å². The molecule has 1 aliphatic heterocycles. The van der Waals surface area contributed by atoms with Crippen LogP contribution in [0.4, 0.5) is 39.5 Å². The number of aliphatic hydroxyl groups excluding tert-OH is 1. The summed E-state index contributed by atoms with van der Waals surface area (Å²) < 4.78 is 145. The first kappa shape index (κ1) is 66.1. The Morgan fingerprint density at radius 2 is 0.943 bits per heavy atom. The highest BCUT2D eigenvalue weighted by Crippen LogP contribution is 2.42. The highest BCUT2D eigenvalue weighted by Gasteiger charge is 2.37. The van der Waals surface area contributed by atoms with E-state index in [9.17, 15) is 50.0 Å². The number of aryl methyl sites for hydroxylation is 1. The summed E-state index contributed by atoms with van der Waals surface area (Å²) in [5.74, 6) is -0.711. The molecule has 0 amide bonds. The van der Waals surface area contributed by atoms with Crippen molar-refractivity contribution in [3.8, 4) is 69.2 Å². The monoisotopic (exact) mass is 1340 g/mol. The lowest BCUT2D eigenvalue weighted by Crippen LogP contribution is -2.38. The number of ether oxygens (including phenoxy) is 4. The Balaban J connectivity index is 0.000000182. The predicted molar refractivity (Wildman–Crippen MR) is 310 cm³/mol. The van der Waals surface area contributed by atoms with Crippen LogP contribution in [0.15, 0.2) is 91.8 Å². The van der Waals surface area contributed by atoms with Crippen molar-refractivity contribution in [1.82, 2.24) is 48.9 Å². The number of benzene rings is 3. The van der Waals surface area contributed by atoms with Crippen LogP contribution in [0.5, 0.6) is 17.2 Å². The van der Waals surface area contributed by atoms with E-state index in [0.29, 0.717) is 70.1 Å². The molecule has 1 fully saturated rings.